The van der Waals surface area contributed by atoms with Crippen LogP contribution in [0, 0.1) is 0 Å². The van der Waals surface area contributed by atoms with Crippen molar-refractivity contribution in [1.82, 2.24) is 9.78 Å². The summed E-state index contributed by atoms with van der Waals surface area (Å²) in [5.41, 5.74) is 5.60. The molecule has 1 aromatic carbocycles. The standard InChI is InChI=1S/C21H26N4O4S.Na/c26-21(22-20-17-5-1-3-14(17)13-15-4-2-6-18(15)20)24-30(27,28)19-7-10-25(23-19)16-8-11-29-12-9-16;/h7,10,13,16H,1-6,8-9,11-12H2,(H2,22,24,26);/q;+1/p-1. The fourth-order valence-corrected chi connectivity index (χ4v) is 5.65. The van der Waals surface area contributed by atoms with Gasteiger partial charge < -0.3 is 14.8 Å². The van der Waals surface area contributed by atoms with E-state index in [1.54, 1.807) is 10.9 Å². The minimum absolute atomic E-state index is 0. The van der Waals surface area contributed by atoms with Crippen LogP contribution in [0.25, 0.3) is 4.72 Å². The summed E-state index contributed by atoms with van der Waals surface area (Å²) in [6, 6.07) is 2.91. The van der Waals surface area contributed by atoms with E-state index in [1.807, 2.05) is 0 Å². The van der Waals surface area contributed by atoms with Crippen molar-refractivity contribution in [2.45, 2.75) is 62.4 Å². The molecular weight excluding hydrogens is 427 g/mol. The van der Waals surface area contributed by atoms with Gasteiger partial charge in [-0.25, -0.2) is 8.42 Å². The first-order chi connectivity index (χ1) is 14.5. The van der Waals surface area contributed by atoms with Gasteiger partial charge >= 0.3 is 29.6 Å². The van der Waals surface area contributed by atoms with E-state index in [4.69, 9.17) is 4.74 Å². The maximum Gasteiger partial charge on any atom is 1.00 e. The quantitative estimate of drug-likeness (QED) is 0.681. The predicted octanol–water partition coefficient (Wildman–Crippen LogP) is 0.511. The molecule has 1 fully saturated rings. The molecule has 1 aliphatic heterocycles. The van der Waals surface area contributed by atoms with Gasteiger partial charge in [-0.15, -0.1) is 0 Å². The Balaban J connectivity index is 0.00000231. The Morgan fingerprint density at radius 2 is 1.74 bits per heavy atom. The van der Waals surface area contributed by atoms with E-state index in [0.717, 1.165) is 68.2 Å². The first-order valence-corrected chi connectivity index (χ1v) is 12.0. The Morgan fingerprint density at radius 3 is 2.39 bits per heavy atom. The van der Waals surface area contributed by atoms with Crippen molar-refractivity contribution in [3.8, 4) is 0 Å². The molecule has 1 N–H and O–H groups in total. The molecule has 5 rings (SSSR count). The average molecular weight is 453 g/mol. The maximum atomic E-state index is 12.7. The molecule has 0 spiro atoms. The molecule has 2 amide bonds. The monoisotopic (exact) mass is 452 g/mol. The van der Waals surface area contributed by atoms with Crippen molar-refractivity contribution in [3.05, 3.63) is 45.3 Å². The van der Waals surface area contributed by atoms with E-state index in [1.165, 1.54) is 17.2 Å². The molecule has 0 atom stereocenters. The van der Waals surface area contributed by atoms with Crippen molar-refractivity contribution in [2.24, 2.45) is 0 Å². The smallest absolute Gasteiger partial charge is 0.423 e. The van der Waals surface area contributed by atoms with E-state index >= 15 is 0 Å². The third-order valence-electron chi connectivity index (χ3n) is 6.32. The van der Waals surface area contributed by atoms with Gasteiger partial charge in [-0.1, -0.05) is 6.07 Å². The molecule has 0 unspecified atom stereocenters. The first-order valence-electron chi connectivity index (χ1n) is 10.6. The third kappa shape index (κ3) is 4.57. The first kappa shape index (κ1) is 22.8. The molecule has 1 aromatic heterocycles. The van der Waals surface area contributed by atoms with Gasteiger partial charge in [-0.05, 0) is 85.4 Å². The van der Waals surface area contributed by atoms with E-state index in [0.29, 0.717) is 13.2 Å². The van der Waals surface area contributed by atoms with E-state index in [-0.39, 0.29) is 40.6 Å². The van der Waals surface area contributed by atoms with Crippen LogP contribution in [0.3, 0.4) is 0 Å². The second-order valence-corrected chi connectivity index (χ2v) is 9.76. The van der Waals surface area contributed by atoms with E-state index in [9.17, 15) is 13.2 Å². The summed E-state index contributed by atoms with van der Waals surface area (Å²) in [7, 11) is -4.18. The number of amides is 2. The van der Waals surface area contributed by atoms with Crippen molar-refractivity contribution < 1.29 is 47.5 Å². The van der Waals surface area contributed by atoms with E-state index < -0.39 is 16.1 Å². The fraction of sp³-hybridized carbons (Fsp3) is 0.524. The number of nitrogens with one attached hydrogen (secondary N) is 1. The third-order valence-corrected chi connectivity index (χ3v) is 7.47. The van der Waals surface area contributed by atoms with Crippen LogP contribution in [0.1, 0.15) is 54.0 Å². The number of aromatic nitrogens is 2. The molecule has 2 heterocycles. The largest absolute Gasteiger partial charge is 1.00 e. The van der Waals surface area contributed by atoms with Gasteiger partial charge in [0.2, 0.25) is 10.0 Å². The van der Waals surface area contributed by atoms with Crippen LogP contribution in [0.15, 0.2) is 23.4 Å². The molecule has 160 valence electrons. The summed E-state index contributed by atoms with van der Waals surface area (Å²) in [6.07, 6.45) is 9.12. The van der Waals surface area contributed by atoms with Crippen LogP contribution in [0.4, 0.5) is 10.5 Å². The zero-order chi connectivity index (χ0) is 20.7. The van der Waals surface area contributed by atoms with Crippen LogP contribution in [-0.2, 0) is 40.4 Å². The Kier molecular flexibility index (Phi) is 6.79. The van der Waals surface area contributed by atoms with Crippen molar-refractivity contribution in [2.75, 3.05) is 18.5 Å². The number of hydrogen-bond donors (Lipinski definition) is 1. The van der Waals surface area contributed by atoms with Gasteiger partial charge in [-0.3, -0.25) is 9.48 Å². The van der Waals surface area contributed by atoms with Crippen LogP contribution >= 0.6 is 0 Å². The maximum absolute atomic E-state index is 12.7. The summed E-state index contributed by atoms with van der Waals surface area (Å²) in [5.74, 6) is 0. The van der Waals surface area contributed by atoms with Crippen LogP contribution in [-0.4, -0.2) is 37.4 Å². The number of aryl methyl sites for hydroxylation is 2. The SMILES string of the molecule is O=C([N-]S(=O)(=O)c1ccn(C2CCOCC2)n1)Nc1c2c(cc3c1CCC3)CCC2.[Na+]. The fourth-order valence-electron chi connectivity index (χ4n) is 4.86. The van der Waals surface area contributed by atoms with Crippen LogP contribution in [0.2, 0.25) is 0 Å². The van der Waals surface area contributed by atoms with Gasteiger partial charge in [0.15, 0.2) is 11.1 Å². The molecule has 0 saturated carbocycles. The number of benzene rings is 1. The van der Waals surface area contributed by atoms with Gasteiger partial charge in [0.1, 0.15) is 0 Å². The zero-order valence-corrected chi connectivity index (χ0v) is 20.6. The number of carbonyl (C=O) groups excluding carboxylic acids is 1. The Bertz CT molecular complexity index is 1060. The number of fused-ring (bicyclic) bond motifs is 2. The zero-order valence-electron chi connectivity index (χ0n) is 17.8. The summed E-state index contributed by atoms with van der Waals surface area (Å²) >= 11 is 0. The minimum atomic E-state index is -4.18. The van der Waals surface area contributed by atoms with Crippen molar-refractivity contribution in [3.63, 3.8) is 0 Å². The van der Waals surface area contributed by atoms with Crippen LogP contribution < -0.4 is 34.9 Å². The molecule has 8 nitrogen and oxygen atoms in total. The Hall–Kier alpha value is -1.39. The number of urea groups is 1. The second-order valence-electron chi connectivity index (χ2n) is 8.21. The number of carbonyl (C=O) groups is 1. The molecule has 10 heteroatoms. The molecule has 0 radical (unpaired) electrons. The van der Waals surface area contributed by atoms with E-state index in [2.05, 4.69) is 21.2 Å². The normalized spacial score (nSPS) is 18.2. The Morgan fingerprint density at radius 1 is 1.10 bits per heavy atom. The molecule has 1 saturated heterocycles. The number of nitrogens with zero attached hydrogens (tertiary/aromatic N) is 3. The minimum Gasteiger partial charge on any atom is -0.423 e. The number of rotatable bonds is 4. The summed E-state index contributed by atoms with van der Waals surface area (Å²) in [4.78, 5) is 12.6. The van der Waals surface area contributed by atoms with Gasteiger partial charge in [0.05, 0.1) is 6.04 Å². The van der Waals surface area contributed by atoms with Crippen LogP contribution in [0.5, 0.6) is 0 Å². The molecule has 0 bridgehead atoms. The van der Waals surface area contributed by atoms with Crippen molar-refractivity contribution >= 4 is 21.7 Å². The molecular formula is C21H25N4NaO4S. The van der Waals surface area contributed by atoms with Gasteiger partial charge in [0.25, 0.3) is 0 Å². The molecule has 31 heavy (non-hydrogen) atoms. The number of ether oxygens (including phenoxy) is 1. The summed E-state index contributed by atoms with van der Waals surface area (Å²) in [5, 5.41) is 6.78. The predicted molar refractivity (Wildman–Crippen MR) is 111 cm³/mol. The van der Waals surface area contributed by atoms with Crippen molar-refractivity contribution in [1.29, 1.82) is 0 Å². The summed E-state index contributed by atoms with van der Waals surface area (Å²) in [6.45, 7) is 1.26. The molecule has 2 aromatic rings. The molecule has 2 aliphatic carbocycles. The van der Waals surface area contributed by atoms with Gasteiger partial charge in [-0.2, -0.15) is 5.10 Å². The average Bonchev–Trinajstić information content (AvgIpc) is 3.48. The number of anilines is 1. The molecule has 3 aliphatic rings. The second kappa shape index (κ2) is 9.23. The topological polar surface area (TPSA) is 104 Å². The number of hydrogen-bond acceptors (Lipinski definition) is 5. The number of sulfonamides is 1. The Labute approximate surface area is 204 Å². The summed E-state index contributed by atoms with van der Waals surface area (Å²) < 4.78 is 35.8. The van der Waals surface area contributed by atoms with Gasteiger partial charge in [0, 0.05) is 19.4 Å².